The maximum atomic E-state index is 13.1. The van der Waals surface area contributed by atoms with E-state index in [1.165, 1.54) is 19.3 Å². The summed E-state index contributed by atoms with van der Waals surface area (Å²) in [6.45, 7) is 2.21. The number of halogens is 2. The summed E-state index contributed by atoms with van der Waals surface area (Å²) in [6, 6.07) is 0. The molecule has 100 valence electrons. The molecule has 2 rings (SSSR count). The van der Waals surface area contributed by atoms with Crippen LogP contribution in [0.4, 0.5) is 8.78 Å². The van der Waals surface area contributed by atoms with E-state index in [9.17, 15) is 13.9 Å². The molecule has 0 aromatic rings. The first-order valence-corrected chi connectivity index (χ1v) is 7.07. The van der Waals surface area contributed by atoms with E-state index in [0.29, 0.717) is 6.42 Å². The van der Waals surface area contributed by atoms with Crippen LogP contribution in [0.5, 0.6) is 0 Å². The Morgan fingerprint density at radius 1 is 1.12 bits per heavy atom. The number of alkyl halides is 2. The summed E-state index contributed by atoms with van der Waals surface area (Å²) in [5.41, 5.74) is 0. The first-order chi connectivity index (χ1) is 8.02. The average Bonchev–Trinajstić information content (AvgIpc) is 2.69. The minimum absolute atomic E-state index is 0.0287. The van der Waals surface area contributed by atoms with Crippen molar-refractivity contribution in [2.24, 2.45) is 17.8 Å². The number of hydrogen-bond acceptors (Lipinski definition) is 1. The van der Waals surface area contributed by atoms with Gasteiger partial charge in [0.05, 0.1) is 6.10 Å². The Bertz CT molecular complexity index is 247. The lowest BCUT2D eigenvalue weighted by atomic mass is 9.75. The third kappa shape index (κ3) is 3.18. The highest BCUT2D eigenvalue weighted by molar-refractivity contribution is 4.89. The molecule has 2 aliphatic carbocycles. The fraction of sp³-hybridized carbons (Fsp3) is 1.00. The van der Waals surface area contributed by atoms with Gasteiger partial charge in [0, 0.05) is 12.8 Å². The Labute approximate surface area is 103 Å². The molecule has 17 heavy (non-hydrogen) atoms. The van der Waals surface area contributed by atoms with Crippen LogP contribution in [0, 0.1) is 17.8 Å². The van der Waals surface area contributed by atoms with Gasteiger partial charge in [0.1, 0.15) is 0 Å². The summed E-state index contributed by atoms with van der Waals surface area (Å²) in [5, 5.41) is 10.2. The van der Waals surface area contributed by atoms with Crippen molar-refractivity contribution in [1.29, 1.82) is 0 Å². The second-order valence-corrected chi connectivity index (χ2v) is 6.04. The Hall–Kier alpha value is -0.180. The Kier molecular flexibility index (Phi) is 4.06. The van der Waals surface area contributed by atoms with E-state index in [0.717, 1.165) is 18.8 Å². The van der Waals surface area contributed by atoms with Crippen molar-refractivity contribution in [3.05, 3.63) is 0 Å². The quantitative estimate of drug-likeness (QED) is 0.798. The second-order valence-electron chi connectivity index (χ2n) is 6.04. The monoisotopic (exact) mass is 246 g/mol. The highest BCUT2D eigenvalue weighted by Gasteiger charge is 2.44. The first kappa shape index (κ1) is 13.3. The molecule has 2 fully saturated rings. The van der Waals surface area contributed by atoms with E-state index < -0.39 is 12.0 Å². The third-order valence-corrected chi connectivity index (χ3v) is 4.88. The van der Waals surface area contributed by atoms with Gasteiger partial charge >= 0.3 is 0 Å². The standard InChI is InChI=1S/C14H24F2O/c1-2-10-3-5-11(6-4-10)13(17)12-7-8-14(15,16)9-12/h10-13,17H,2-9H2,1H3. The van der Waals surface area contributed by atoms with Crippen LogP contribution < -0.4 is 0 Å². The highest BCUT2D eigenvalue weighted by atomic mass is 19.3. The topological polar surface area (TPSA) is 20.2 Å². The molecule has 0 heterocycles. The van der Waals surface area contributed by atoms with Crippen LogP contribution in [0.15, 0.2) is 0 Å². The van der Waals surface area contributed by atoms with E-state index in [-0.39, 0.29) is 24.7 Å². The molecular weight excluding hydrogens is 222 g/mol. The molecule has 0 radical (unpaired) electrons. The van der Waals surface area contributed by atoms with Crippen LogP contribution in [0.1, 0.15) is 58.3 Å². The van der Waals surface area contributed by atoms with Crippen molar-refractivity contribution in [1.82, 2.24) is 0 Å². The molecule has 3 heteroatoms. The van der Waals surface area contributed by atoms with Gasteiger partial charge < -0.3 is 5.11 Å². The second kappa shape index (κ2) is 5.21. The van der Waals surface area contributed by atoms with Crippen molar-refractivity contribution in [2.75, 3.05) is 0 Å². The van der Waals surface area contributed by atoms with Gasteiger partial charge in [-0.25, -0.2) is 8.78 Å². The summed E-state index contributed by atoms with van der Waals surface area (Å²) in [7, 11) is 0. The molecule has 2 saturated carbocycles. The average molecular weight is 246 g/mol. The van der Waals surface area contributed by atoms with Gasteiger partial charge in [-0.2, -0.15) is 0 Å². The third-order valence-electron chi connectivity index (χ3n) is 4.88. The van der Waals surface area contributed by atoms with Gasteiger partial charge in [-0.05, 0) is 37.0 Å². The van der Waals surface area contributed by atoms with Gasteiger partial charge in [0.25, 0.3) is 0 Å². The SMILES string of the molecule is CCC1CCC(C(O)C2CCC(F)(F)C2)CC1. The lowest BCUT2D eigenvalue weighted by molar-refractivity contribution is -0.0188. The Morgan fingerprint density at radius 3 is 2.24 bits per heavy atom. The zero-order valence-electron chi connectivity index (χ0n) is 10.7. The maximum Gasteiger partial charge on any atom is 0.248 e. The Morgan fingerprint density at radius 2 is 1.76 bits per heavy atom. The molecule has 1 nitrogen and oxygen atoms in total. The van der Waals surface area contributed by atoms with Crippen LogP contribution in [0.3, 0.4) is 0 Å². The largest absolute Gasteiger partial charge is 0.393 e. The van der Waals surface area contributed by atoms with Gasteiger partial charge in [-0.1, -0.05) is 26.2 Å². The lowest BCUT2D eigenvalue weighted by Gasteiger charge is -2.33. The molecule has 0 aliphatic heterocycles. The van der Waals surface area contributed by atoms with E-state index in [4.69, 9.17) is 0 Å². The van der Waals surface area contributed by atoms with Crippen LogP contribution in [-0.2, 0) is 0 Å². The number of aliphatic hydroxyl groups excluding tert-OH is 1. The van der Waals surface area contributed by atoms with Crippen molar-refractivity contribution in [2.45, 2.75) is 70.3 Å². The van der Waals surface area contributed by atoms with E-state index in [2.05, 4.69) is 6.92 Å². The zero-order valence-corrected chi connectivity index (χ0v) is 10.7. The maximum absolute atomic E-state index is 13.1. The first-order valence-electron chi connectivity index (χ1n) is 7.07. The van der Waals surface area contributed by atoms with Crippen LogP contribution in [0.2, 0.25) is 0 Å². The fourth-order valence-electron chi connectivity index (χ4n) is 3.60. The van der Waals surface area contributed by atoms with Crippen LogP contribution in [0.25, 0.3) is 0 Å². The molecule has 0 spiro atoms. The normalized spacial score (nSPS) is 39.2. The molecule has 2 atom stereocenters. The molecule has 0 aromatic carbocycles. The van der Waals surface area contributed by atoms with Gasteiger partial charge in [-0.3, -0.25) is 0 Å². The molecule has 2 unspecified atom stereocenters. The van der Waals surface area contributed by atoms with E-state index >= 15 is 0 Å². The summed E-state index contributed by atoms with van der Waals surface area (Å²) >= 11 is 0. The minimum Gasteiger partial charge on any atom is -0.393 e. The lowest BCUT2D eigenvalue weighted by Crippen LogP contribution is -2.31. The number of aliphatic hydroxyl groups is 1. The predicted molar refractivity (Wildman–Crippen MR) is 64.0 cm³/mol. The molecule has 2 aliphatic rings. The minimum atomic E-state index is -2.52. The zero-order chi connectivity index (χ0) is 12.5. The van der Waals surface area contributed by atoms with E-state index in [1.54, 1.807) is 0 Å². The molecule has 0 aromatic heterocycles. The highest BCUT2D eigenvalue weighted by Crippen LogP contribution is 2.44. The molecule has 1 N–H and O–H groups in total. The van der Waals surface area contributed by atoms with Gasteiger partial charge in [0.15, 0.2) is 0 Å². The summed E-state index contributed by atoms with van der Waals surface area (Å²) in [4.78, 5) is 0. The smallest absolute Gasteiger partial charge is 0.248 e. The van der Waals surface area contributed by atoms with Crippen LogP contribution >= 0.6 is 0 Å². The number of rotatable bonds is 3. The molecule has 0 bridgehead atoms. The Balaban J connectivity index is 1.83. The fourth-order valence-corrected chi connectivity index (χ4v) is 3.60. The van der Waals surface area contributed by atoms with Gasteiger partial charge in [0.2, 0.25) is 5.92 Å². The summed E-state index contributed by atoms with van der Waals surface area (Å²) in [6.07, 6.45) is 5.50. The summed E-state index contributed by atoms with van der Waals surface area (Å²) < 4.78 is 26.3. The predicted octanol–water partition coefficient (Wildman–Crippen LogP) is 4.00. The van der Waals surface area contributed by atoms with Crippen molar-refractivity contribution in [3.8, 4) is 0 Å². The van der Waals surface area contributed by atoms with Crippen molar-refractivity contribution in [3.63, 3.8) is 0 Å². The van der Waals surface area contributed by atoms with Crippen LogP contribution in [-0.4, -0.2) is 17.1 Å². The molecule has 0 saturated heterocycles. The molecular formula is C14H24F2O. The van der Waals surface area contributed by atoms with Gasteiger partial charge in [-0.15, -0.1) is 0 Å². The van der Waals surface area contributed by atoms with Crippen molar-refractivity contribution < 1.29 is 13.9 Å². The summed E-state index contributed by atoms with van der Waals surface area (Å²) in [5.74, 6) is -1.61. The van der Waals surface area contributed by atoms with Crippen molar-refractivity contribution >= 4 is 0 Å². The number of hydrogen-bond donors (Lipinski definition) is 1. The molecule has 0 amide bonds. The van der Waals surface area contributed by atoms with E-state index in [1.807, 2.05) is 0 Å².